The Labute approximate surface area is 170 Å². The Morgan fingerprint density at radius 2 is 1.41 bits per heavy atom. The molecule has 11 nitrogen and oxygen atoms in total. The number of carbonyl (C=O) groups is 5. The number of nitrogens with one attached hydrogen (secondary N) is 3. The number of aliphatic carboxylic acids is 1. The summed E-state index contributed by atoms with van der Waals surface area (Å²) in [5.41, 5.74) is 10.8. The van der Waals surface area contributed by atoms with Crippen molar-refractivity contribution in [1.29, 1.82) is 0 Å². The second-order valence-corrected chi connectivity index (χ2v) is 7.77. The third-order valence-electron chi connectivity index (χ3n) is 3.86. The number of hydrogen-bond acceptors (Lipinski definition) is 6. The zero-order valence-corrected chi connectivity index (χ0v) is 17.4. The average molecular weight is 415 g/mol. The van der Waals surface area contributed by atoms with Gasteiger partial charge in [0.2, 0.25) is 23.6 Å². The zero-order valence-electron chi connectivity index (χ0n) is 17.4. The number of rotatable bonds is 13. The van der Waals surface area contributed by atoms with Crippen LogP contribution in [0.3, 0.4) is 0 Å². The van der Waals surface area contributed by atoms with Gasteiger partial charge in [0, 0.05) is 0 Å². The molecule has 0 heterocycles. The SMILES string of the molecule is CC(C)CC(N)C(=O)NC(CC(C)C)C(=O)NCC(=O)NC(CC(N)=O)C(=O)O. The standard InChI is InChI=1S/C18H33N5O6/c1-9(2)5-11(19)16(26)23-12(6-10(3)4)17(27)21-8-15(25)22-13(18(28)29)7-14(20)24/h9-13H,5-8,19H2,1-4H3,(H2,20,24)(H,21,27)(H,22,25)(H,23,26)(H,28,29). The highest BCUT2D eigenvalue weighted by molar-refractivity contribution is 5.93. The van der Waals surface area contributed by atoms with Crippen molar-refractivity contribution in [1.82, 2.24) is 16.0 Å². The summed E-state index contributed by atoms with van der Waals surface area (Å²) in [7, 11) is 0. The van der Waals surface area contributed by atoms with Crippen LogP contribution in [0.2, 0.25) is 0 Å². The van der Waals surface area contributed by atoms with E-state index in [0.717, 1.165) is 0 Å². The highest BCUT2D eigenvalue weighted by Crippen LogP contribution is 2.07. The van der Waals surface area contributed by atoms with Gasteiger partial charge >= 0.3 is 5.97 Å². The molecule has 166 valence electrons. The highest BCUT2D eigenvalue weighted by atomic mass is 16.4. The molecular weight excluding hydrogens is 382 g/mol. The number of carbonyl (C=O) groups excluding carboxylic acids is 4. The van der Waals surface area contributed by atoms with Crippen LogP contribution in [0, 0.1) is 11.8 Å². The maximum Gasteiger partial charge on any atom is 0.326 e. The molecule has 8 N–H and O–H groups in total. The number of carboxylic acid groups (broad SMARTS) is 1. The maximum atomic E-state index is 12.4. The summed E-state index contributed by atoms with van der Waals surface area (Å²) in [5, 5.41) is 16.0. The van der Waals surface area contributed by atoms with Gasteiger partial charge < -0.3 is 32.5 Å². The van der Waals surface area contributed by atoms with Crippen LogP contribution >= 0.6 is 0 Å². The minimum absolute atomic E-state index is 0.0770. The van der Waals surface area contributed by atoms with Crippen molar-refractivity contribution in [3.05, 3.63) is 0 Å². The normalized spacial score (nSPS) is 14.0. The van der Waals surface area contributed by atoms with Gasteiger partial charge in [-0.2, -0.15) is 0 Å². The van der Waals surface area contributed by atoms with Crippen LogP contribution in [-0.2, 0) is 24.0 Å². The first-order valence-corrected chi connectivity index (χ1v) is 9.47. The fourth-order valence-corrected chi connectivity index (χ4v) is 2.53. The lowest BCUT2D eigenvalue weighted by Gasteiger charge is -2.23. The number of carboxylic acids is 1. The molecule has 0 aliphatic carbocycles. The van der Waals surface area contributed by atoms with Gasteiger partial charge in [-0.3, -0.25) is 19.2 Å². The van der Waals surface area contributed by atoms with Crippen molar-refractivity contribution >= 4 is 29.6 Å². The summed E-state index contributed by atoms with van der Waals surface area (Å²) in [5.74, 6) is -3.89. The largest absolute Gasteiger partial charge is 0.480 e. The van der Waals surface area contributed by atoms with Crippen molar-refractivity contribution in [3.8, 4) is 0 Å². The summed E-state index contributed by atoms with van der Waals surface area (Å²) in [6.07, 6.45) is 0.211. The van der Waals surface area contributed by atoms with E-state index in [0.29, 0.717) is 12.8 Å². The predicted molar refractivity (Wildman–Crippen MR) is 105 cm³/mol. The Balaban J connectivity index is 4.85. The van der Waals surface area contributed by atoms with Gasteiger partial charge in [0.25, 0.3) is 0 Å². The lowest BCUT2D eigenvalue weighted by Crippen LogP contribution is -2.54. The fourth-order valence-electron chi connectivity index (χ4n) is 2.53. The molecule has 0 aliphatic rings. The van der Waals surface area contributed by atoms with E-state index in [-0.39, 0.29) is 11.8 Å². The van der Waals surface area contributed by atoms with Crippen LogP contribution in [0.4, 0.5) is 0 Å². The molecule has 0 aliphatic heterocycles. The van der Waals surface area contributed by atoms with Crippen LogP contribution in [0.5, 0.6) is 0 Å². The van der Waals surface area contributed by atoms with Gasteiger partial charge in [-0.05, 0) is 24.7 Å². The summed E-state index contributed by atoms with van der Waals surface area (Å²) in [4.78, 5) is 58.4. The summed E-state index contributed by atoms with van der Waals surface area (Å²) in [6.45, 7) is 7.06. The third-order valence-corrected chi connectivity index (χ3v) is 3.86. The lowest BCUT2D eigenvalue weighted by atomic mass is 10.0. The molecule has 0 saturated carbocycles. The Hall–Kier alpha value is -2.69. The van der Waals surface area contributed by atoms with Crippen LogP contribution in [0.25, 0.3) is 0 Å². The van der Waals surface area contributed by atoms with Crippen molar-refractivity contribution in [2.75, 3.05) is 6.54 Å². The van der Waals surface area contributed by atoms with E-state index in [2.05, 4.69) is 16.0 Å². The first-order chi connectivity index (χ1) is 13.3. The van der Waals surface area contributed by atoms with Crippen molar-refractivity contribution in [2.24, 2.45) is 23.3 Å². The van der Waals surface area contributed by atoms with E-state index in [1.807, 2.05) is 27.7 Å². The molecule has 4 amide bonds. The fraction of sp³-hybridized carbons (Fsp3) is 0.722. The minimum atomic E-state index is -1.49. The third kappa shape index (κ3) is 11.7. The smallest absolute Gasteiger partial charge is 0.326 e. The molecule has 0 rings (SSSR count). The summed E-state index contributed by atoms with van der Waals surface area (Å²) in [6, 6.07) is -3.14. The van der Waals surface area contributed by atoms with E-state index in [1.54, 1.807) is 0 Å². The molecule has 29 heavy (non-hydrogen) atoms. The molecule has 11 heteroatoms. The monoisotopic (exact) mass is 415 g/mol. The van der Waals surface area contributed by atoms with E-state index in [9.17, 15) is 24.0 Å². The molecule has 0 fully saturated rings. The minimum Gasteiger partial charge on any atom is -0.480 e. The van der Waals surface area contributed by atoms with Gasteiger partial charge in [-0.25, -0.2) is 4.79 Å². The van der Waals surface area contributed by atoms with Crippen molar-refractivity contribution in [3.63, 3.8) is 0 Å². The van der Waals surface area contributed by atoms with Crippen LogP contribution in [0.15, 0.2) is 0 Å². The number of amides is 4. The quantitative estimate of drug-likeness (QED) is 0.209. The molecule has 0 radical (unpaired) electrons. The molecule has 3 atom stereocenters. The van der Waals surface area contributed by atoms with Gasteiger partial charge in [0.1, 0.15) is 12.1 Å². The lowest BCUT2D eigenvalue weighted by molar-refractivity contribution is -0.143. The molecule has 3 unspecified atom stereocenters. The van der Waals surface area contributed by atoms with Crippen LogP contribution < -0.4 is 27.4 Å². The van der Waals surface area contributed by atoms with E-state index >= 15 is 0 Å². The number of primary amides is 1. The topological polar surface area (TPSA) is 194 Å². The van der Waals surface area contributed by atoms with Gasteiger partial charge in [0.05, 0.1) is 19.0 Å². The van der Waals surface area contributed by atoms with Crippen LogP contribution in [-0.4, -0.2) is 59.4 Å². The van der Waals surface area contributed by atoms with E-state index < -0.39 is 60.7 Å². The number of nitrogens with two attached hydrogens (primary N) is 2. The highest BCUT2D eigenvalue weighted by Gasteiger charge is 2.26. The summed E-state index contributed by atoms with van der Waals surface area (Å²) < 4.78 is 0. The van der Waals surface area contributed by atoms with E-state index in [4.69, 9.17) is 16.6 Å². The summed E-state index contributed by atoms with van der Waals surface area (Å²) >= 11 is 0. The first kappa shape index (κ1) is 26.3. The molecule has 0 bridgehead atoms. The first-order valence-electron chi connectivity index (χ1n) is 9.47. The van der Waals surface area contributed by atoms with Crippen LogP contribution in [0.1, 0.15) is 47.0 Å². The molecule has 0 aromatic carbocycles. The zero-order chi connectivity index (χ0) is 22.7. The Morgan fingerprint density at radius 3 is 1.86 bits per heavy atom. The molecule has 0 saturated heterocycles. The van der Waals surface area contributed by atoms with Crippen molar-refractivity contribution in [2.45, 2.75) is 65.1 Å². The van der Waals surface area contributed by atoms with Gasteiger partial charge in [-0.1, -0.05) is 27.7 Å². The van der Waals surface area contributed by atoms with E-state index in [1.165, 1.54) is 0 Å². The molecular formula is C18H33N5O6. The van der Waals surface area contributed by atoms with Gasteiger partial charge in [-0.15, -0.1) is 0 Å². The Kier molecular flexibility index (Phi) is 11.5. The Morgan fingerprint density at radius 1 is 0.862 bits per heavy atom. The molecule has 0 aromatic heterocycles. The Bertz CT molecular complexity index is 608. The second-order valence-electron chi connectivity index (χ2n) is 7.77. The molecule has 0 spiro atoms. The predicted octanol–water partition coefficient (Wildman–Crippen LogP) is -1.55. The second kappa shape index (κ2) is 12.7. The average Bonchev–Trinajstić information content (AvgIpc) is 2.56. The van der Waals surface area contributed by atoms with Gasteiger partial charge in [0.15, 0.2) is 0 Å². The maximum absolute atomic E-state index is 12.4. The van der Waals surface area contributed by atoms with Crippen molar-refractivity contribution < 1.29 is 29.1 Å². The number of hydrogen-bond donors (Lipinski definition) is 6. The molecule has 0 aromatic rings.